The van der Waals surface area contributed by atoms with Crippen molar-refractivity contribution >= 4 is 54.9 Å². The fourth-order valence-electron chi connectivity index (χ4n) is 0.143. The Morgan fingerprint density at radius 2 is 2.29 bits per heavy atom. The van der Waals surface area contributed by atoms with E-state index in [0.717, 1.165) is 6.08 Å². The molecule has 38 valence electrons. The number of aliphatic carboxylic acids is 1. The SMILES string of the molecule is CC=CC(=O)O.[Ba+2].[H-].[H-]. The van der Waals surface area contributed by atoms with Gasteiger partial charge >= 0.3 is 54.9 Å². The number of rotatable bonds is 1. The van der Waals surface area contributed by atoms with Crippen molar-refractivity contribution < 1.29 is 12.8 Å². The molecular weight excluding hydrogens is 217 g/mol. The maximum atomic E-state index is 9.51. The van der Waals surface area contributed by atoms with Gasteiger partial charge in [-0.2, -0.15) is 0 Å². The Labute approximate surface area is 85.6 Å². The predicted octanol–water partition coefficient (Wildman–Crippen LogP) is 0.491. The zero-order chi connectivity index (χ0) is 4.99. The molecule has 0 aliphatic heterocycles. The standard InChI is InChI=1S/C4H6O2.Ba.2H/c1-2-3-4(5)6;;;/h2-3H,1H3,(H,5,6);;;/q;+2;2*-1. The number of hydrogen-bond acceptors (Lipinski definition) is 1. The minimum absolute atomic E-state index is 0. The summed E-state index contributed by atoms with van der Waals surface area (Å²) in [5, 5.41) is 7.83. The predicted molar refractivity (Wildman–Crippen MR) is 30.4 cm³/mol. The van der Waals surface area contributed by atoms with Crippen LogP contribution in [0.5, 0.6) is 0 Å². The molecule has 0 atom stereocenters. The Morgan fingerprint density at radius 3 is 2.29 bits per heavy atom. The minimum Gasteiger partial charge on any atom is -1.00 e. The summed E-state index contributed by atoms with van der Waals surface area (Å²) in [5.74, 6) is -0.891. The van der Waals surface area contributed by atoms with Crippen molar-refractivity contribution in [3.05, 3.63) is 12.2 Å². The van der Waals surface area contributed by atoms with Crippen molar-refractivity contribution in [2.24, 2.45) is 0 Å². The fraction of sp³-hybridized carbons (Fsp3) is 0.250. The third-order valence-electron chi connectivity index (χ3n) is 0.309. The van der Waals surface area contributed by atoms with Gasteiger partial charge in [0.1, 0.15) is 0 Å². The van der Waals surface area contributed by atoms with Crippen LogP contribution in [-0.4, -0.2) is 60.0 Å². The second kappa shape index (κ2) is 6.78. The molecule has 0 spiro atoms. The topological polar surface area (TPSA) is 37.3 Å². The van der Waals surface area contributed by atoms with Gasteiger partial charge in [-0.15, -0.1) is 0 Å². The minimum atomic E-state index is -0.891. The molecule has 0 amide bonds. The summed E-state index contributed by atoms with van der Waals surface area (Å²) in [7, 11) is 0. The molecule has 0 aromatic rings. The quantitative estimate of drug-likeness (QED) is 0.521. The maximum absolute atomic E-state index is 9.51. The average molecular weight is 225 g/mol. The zero-order valence-electron chi connectivity index (χ0n) is 6.22. The van der Waals surface area contributed by atoms with Crippen LogP contribution < -0.4 is 0 Å². The maximum Gasteiger partial charge on any atom is 2.00 e. The van der Waals surface area contributed by atoms with Crippen molar-refractivity contribution in [2.45, 2.75) is 6.92 Å². The molecule has 0 unspecified atom stereocenters. The molecule has 7 heavy (non-hydrogen) atoms. The van der Waals surface area contributed by atoms with Crippen LogP contribution in [0.25, 0.3) is 0 Å². The number of carboxylic acids is 1. The van der Waals surface area contributed by atoms with E-state index in [0.29, 0.717) is 0 Å². The van der Waals surface area contributed by atoms with E-state index in [1.165, 1.54) is 6.08 Å². The van der Waals surface area contributed by atoms with Crippen LogP contribution in [0.3, 0.4) is 0 Å². The summed E-state index contributed by atoms with van der Waals surface area (Å²) < 4.78 is 0. The number of carboxylic acid groups (broad SMARTS) is 1. The first-order chi connectivity index (χ1) is 2.77. The van der Waals surface area contributed by atoms with Gasteiger partial charge in [0.15, 0.2) is 0 Å². The molecule has 0 rings (SSSR count). The van der Waals surface area contributed by atoms with Crippen LogP contribution in [0.4, 0.5) is 0 Å². The third-order valence-corrected chi connectivity index (χ3v) is 0.309. The van der Waals surface area contributed by atoms with Gasteiger partial charge in [-0.1, -0.05) is 6.08 Å². The van der Waals surface area contributed by atoms with Crippen molar-refractivity contribution in [2.75, 3.05) is 0 Å². The molecule has 0 bridgehead atoms. The summed E-state index contributed by atoms with van der Waals surface area (Å²) >= 11 is 0. The van der Waals surface area contributed by atoms with Gasteiger partial charge in [0.2, 0.25) is 0 Å². The molecule has 0 saturated heterocycles. The molecule has 0 saturated carbocycles. The largest absolute Gasteiger partial charge is 2.00 e. The molecule has 0 radical (unpaired) electrons. The smallest absolute Gasteiger partial charge is 1.00 e. The van der Waals surface area contributed by atoms with E-state index in [4.69, 9.17) is 5.11 Å². The molecular formula is C4H8BaO2. The van der Waals surface area contributed by atoms with Gasteiger partial charge in [-0.3, -0.25) is 0 Å². The Balaban J connectivity index is -0.0000000417. The van der Waals surface area contributed by atoms with Crippen molar-refractivity contribution in [3.63, 3.8) is 0 Å². The van der Waals surface area contributed by atoms with Crippen molar-refractivity contribution in [1.29, 1.82) is 0 Å². The number of allylic oxidation sites excluding steroid dienone is 1. The summed E-state index contributed by atoms with van der Waals surface area (Å²) in [5.41, 5.74) is 0. The van der Waals surface area contributed by atoms with Crippen LogP contribution in [-0.2, 0) is 4.79 Å². The molecule has 1 N–H and O–H groups in total. The Kier molecular flexibility index (Phi) is 10.4. The monoisotopic (exact) mass is 226 g/mol. The van der Waals surface area contributed by atoms with Gasteiger partial charge in [-0.25, -0.2) is 4.79 Å². The first-order valence-electron chi connectivity index (χ1n) is 1.63. The normalized spacial score (nSPS) is 8.14. The van der Waals surface area contributed by atoms with E-state index in [1.54, 1.807) is 6.92 Å². The molecule has 0 heterocycles. The summed E-state index contributed by atoms with van der Waals surface area (Å²) in [6.45, 7) is 1.66. The first kappa shape index (κ1) is 10.7. The fourth-order valence-corrected chi connectivity index (χ4v) is 0.143. The van der Waals surface area contributed by atoms with E-state index < -0.39 is 5.97 Å². The van der Waals surface area contributed by atoms with Gasteiger partial charge in [0.05, 0.1) is 0 Å². The molecule has 0 fully saturated rings. The molecule has 2 nitrogen and oxygen atoms in total. The van der Waals surface area contributed by atoms with E-state index >= 15 is 0 Å². The van der Waals surface area contributed by atoms with Crippen LogP contribution in [0.2, 0.25) is 0 Å². The van der Waals surface area contributed by atoms with E-state index in [-0.39, 0.29) is 51.7 Å². The Hall–Kier alpha value is 0.781. The van der Waals surface area contributed by atoms with E-state index in [2.05, 4.69) is 0 Å². The van der Waals surface area contributed by atoms with Gasteiger partial charge in [-0.05, 0) is 6.92 Å². The second-order valence-electron chi connectivity index (χ2n) is 0.838. The Morgan fingerprint density at radius 1 is 1.86 bits per heavy atom. The Bertz CT molecular complexity index is 84.6. The van der Waals surface area contributed by atoms with Gasteiger partial charge in [0, 0.05) is 6.08 Å². The van der Waals surface area contributed by atoms with Crippen molar-refractivity contribution in [3.8, 4) is 0 Å². The molecule has 0 aromatic heterocycles. The average Bonchev–Trinajstić information content (AvgIpc) is 1.35. The van der Waals surface area contributed by atoms with Crippen molar-refractivity contribution in [1.82, 2.24) is 0 Å². The number of carbonyl (C=O) groups is 1. The van der Waals surface area contributed by atoms with E-state index in [9.17, 15) is 4.79 Å². The third kappa shape index (κ3) is 10.8. The molecule has 3 heteroatoms. The zero-order valence-corrected chi connectivity index (χ0v) is 8.66. The summed E-state index contributed by atoms with van der Waals surface area (Å²) in [6.07, 6.45) is 2.56. The van der Waals surface area contributed by atoms with Crippen LogP contribution >= 0.6 is 0 Å². The van der Waals surface area contributed by atoms with Crippen LogP contribution in [0.1, 0.15) is 9.78 Å². The van der Waals surface area contributed by atoms with Gasteiger partial charge < -0.3 is 7.96 Å². The van der Waals surface area contributed by atoms with E-state index in [1.807, 2.05) is 0 Å². The van der Waals surface area contributed by atoms with Crippen LogP contribution in [0, 0.1) is 0 Å². The summed E-state index contributed by atoms with van der Waals surface area (Å²) in [4.78, 5) is 9.51. The second-order valence-corrected chi connectivity index (χ2v) is 0.838. The molecule has 0 aromatic carbocycles. The molecule has 0 aliphatic rings. The first-order valence-corrected chi connectivity index (χ1v) is 1.63. The van der Waals surface area contributed by atoms with Gasteiger partial charge in [0.25, 0.3) is 0 Å². The molecule has 0 aliphatic carbocycles. The number of hydrogen-bond donors (Lipinski definition) is 1. The van der Waals surface area contributed by atoms with Crippen LogP contribution in [0.15, 0.2) is 12.2 Å². The summed E-state index contributed by atoms with van der Waals surface area (Å²) in [6, 6.07) is 0.